The normalized spacial score (nSPS) is 11.6. The lowest BCUT2D eigenvalue weighted by molar-refractivity contribution is 0.243. The average molecular weight is 462 g/mol. The molecular formula is C20H20ClN5S3. The summed E-state index contributed by atoms with van der Waals surface area (Å²) in [6.07, 6.45) is 0. The van der Waals surface area contributed by atoms with Crippen molar-refractivity contribution in [2.24, 2.45) is 7.05 Å². The summed E-state index contributed by atoms with van der Waals surface area (Å²) in [4.78, 5) is 6.86. The summed E-state index contributed by atoms with van der Waals surface area (Å²) < 4.78 is 6.82. The molecule has 0 N–H and O–H groups in total. The fourth-order valence-electron chi connectivity index (χ4n) is 2.97. The molecule has 0 fully saturated rings. The summed E-state index contributed by atoms with van der Waals surface area (Å²) in [5.41, 5.74) is 2.24. The Bertz CT molecular complexity index is 1150. The third kappa shape index (κ3) is 4.90. The maximum Gasteiger partial charge on any atom is 0.198 e. The number of benzene rings is 2. The number of thioether (sulfide) groups is 1. The third-order valence-electron chi connectivity index (χ3n) is 4.47. The van der Waals surface area contributed by atoms with Crippen molar-refractivity contribution >= 4 is 57.1 Å². The lowest BCUT2D eigenvalue weighted by atomic mass is 10.2. The highest BCUT2D eigenvalue weighted by atomic mass is 35.5. The number of rotatable bonds is 7. The molecule has 0 radical (unpaired) electrons. The van der Waals surface area contributed by atoms with E-state index in [1.165, 1.54) is 10.3 Å². The van der Waals surface area contributed by atoms with Gasteiger partial charge in [0.25, 0.3) is 0 Å². The summed E-state index contributed by atoms with van der Waals surface area (Å²) >= 11 is 15.0. The summed E-state index contributed by atoms with van der Waals surface area (Å²) in [5.74, 6) is 1.67. The van der Waals surface area contributed by atoms with Crippen LogP contribution in [0.2, 0.25) is 5.02 Å². The van der Waals surface area contributed by atoms with Crippen LogP contribution >= 0.6 is 46.9 Å². The molecular weight excluding hydrogens is 442 g/mol. The van der Waals surface area contributed by atoms with Crippen molar-refractivity contribution in [3.05, 3.63) is 69.7 Å². The first-order chi connectivity index (χ1) is 14.0. The Hall–Kier alpha value is -1.71. The standard InChI is InChI=1S/C20H20ClN5S3/c1-24(11-14-7-9-15(21)10-8-14)13-26-20(27)25(2)18(23-26)12-28-19-22-16-5-3-4-6-17(16)29-19/h3-10H,11-13H2,1-2H3. The molecule has 0 unspecified atom stereocenters. The van der Waals surface area contributed by atoms with Gasteiger partial charge in [0.15, 0.2) is 9.11 Å². The van der Waals surface area contributed by atoms with Crippen molar-refractivity contribution in [2.45, 2.75) is 23.3 Å². The smallest absolute Gasteiger partial charge is 0.198 e. The molecule has 29 heavy (non-hydrogen) atoms. The van der Waals surface area contributed by atoms with E-state index in [-0.39, 0.29) is 0 Å². The van der Waals surface area contributed by atoms with Crippen molar-refractivity contribution in [1.82, 2.24) is 24.2 Å². The van der Waals surface area contributed by atoms with Gasteiger partial charge in [0.05, 0.1) is 22.6 Å². The minimum absolute atomic E-state index is 0.626. The number of halogens is 1. The van der Waals surface area contributed by atoms with Crippen LogP contribution in [0, 0.1) is 4.77 Å². The van der Waals surface area contributed by atoms with Gasteiger partial charge in [-0.2, -0.15) is 5.10 Å². The van der Waals surface area contributed by atoms with Crippen molar-refractivity contribution in [3.63, 3.8) is 0 Å². The predicted octanol–water partition coefficient (Wildman–Crippen LogP) is 5.60. The predicted molar refractivity (Wildman–Crippen MR) is 124 cm³/mol. The Morgan fingerprint density at radius 3 is 2.69 bits per heavy atom. The van der Waals surface area contributed by atoms with E-state index >= 15 is 0 Å². The highest BCUT2D eigenvalue weighted by Crippen LogP contribution is 2.31. The van der Waals surface area contributed by atoms with Crippen LogP contribution in [-0.4, -0.2) is 31.3 Å². The van der Waals surface area contributed by atoms with Crippen LogP contribution in [0.5, 0.6) is 0 Å². The van der Waals surface area contributed by atoms with Gasteiger partial charge in [-0.05, 0) is 49.1 Å². The second kappa shape index (κ2) is 8.97. The third-order valence-corrected chi connectivity index (χ3v) is 7.38. The van der Waals surface area contributed by atoms with Crippen molar-refractivity contribution in [3.8, 4) is 0 Å². The Labute approximate surface area is 187 Å². The number of aromatic nitrogens is 4. The van der Waals surface area contributed by atoms with E-state index in [2.05, 4.69) is 23.0 Å². The number of hydrogen-bond acceptors (Lipinski definition) is 6. The van der Waals surface area contributed by atoms with Crippen molar-refractivity contribution < 1.29 is 0 Å². The second-order valence-corrected chi connectivity index (χ2v) is 9.83. The summed E-state index contributed by atoms with van der Waals surface area (Å²) in [6, 6.07) is 16.1. The quantitative estimate of drug-likeness (QED) is 0.265. The molecule has 0 spiro atoms. The lowest BCUT2D eigenvalue weighted by Crippen LogP contribution is -2.22. The van der Waals surface area contributed by atoms with Gasteiger partial charge in [0.1, 0.15) is 5.82 Å². The minimum Gasteiger partial charge on any atom is -0.306 e. The first kappa shape index (κ1) is 20.6. The zero-order valence-electron chi connectivity index (χ0n) is 16.1. The zero-order chi connectivity index (χ0) is 20.4. The van der Waals surface area contributed by atoms with Gasteiger partial charge in [0.2, 0.25) is 0 Å². The molecule has 0 saturated carbocycles. The molecule has 0 amide bonds. The molecule has 0 atom stereocenters. The maximum atomic E-state index is 5.97. The van der Waals surface area contributed by atoms with E-state index in [1.54, 1.807) is 23.1 Å². The molecule has 9 heteroatoms. The van der Waals surface area contributed by atoms with E-state index in [1.807, 2.05) is 58.8 Å². The first-order valence-electron chi connectivity index (χ1n) is 9.03. The maximum absolute atomic E-state index is 5.97. The minimum atomic E-state index is 0.626. The van der Waals surface area contributed by atoms with Gasteiger partial charge in [-0.25, -0.2) is 9.67 Å². The van der Waals surface area contributed by atoms with E-state index in [0.717, 1.165) is 33.0 Å². The molecule has 150 valence electrons. The summed E-state index contributed by atoms with van der Waals surface area (Å²) in [7, 11) is 4.03. The van der Waals surface area contributed by atoms with Crippen molar-refractivity contribution in [2.75, 3.05) is 7.05 Å². The molecule has 5 nitrogen and oxygen atoms in total. The molecule has 2 aromatic heterocycles. The number of para-hydroxylation sites is 1. The first-order valence-corrected chi connectivity index (χ1v) is 11.6. The number of fused-ring (bicyclic) bond motifs is 1. The lowest BCUT2D eigenvalue weighted by Gasteiger charge is -2.16. The Morgan fingerprint density at radius 1 is 1.17 bits per heavy atom. The number of hydrogen-bond donors (Lipinski definition) is 0. The van der Waals surface area contributed by atoms with Gasteiger partial charge in [-0.1, -0.05) is 47.6 Å². The van der Waals surface area contributed by atoms with Gasteiger partial charge in [-0.15, -0.1) is 11.3 Å². The van der Waals surface area contributed by atoms with Gasteiger partial charge < -0.3 is 4.57 Å². The van der Waals surface area contributed by atoms with Crippen LogP contribution in [0.25, 0.3) is 10.2 Å². The fraction of sp³-hybridized carbons (Fsp3) is 0.250. The Balaban J connectivity index is 1.42. The fourth-order valence-corrected chi connectivity index (χ4v) is 5.35. The molecule has 0 aliphatic carbocycles. The highest BCUT2D eigenvalue weighted by molar-refractivity contribution is 8.00. The Morgan fingerprint density at radius 2 is 1.93 bits per heavy atom. The van der Waals surface area contributed by atoms with Crippen LogP contribution in [-0.2, 0) is 26.0 Å². The van der Waals surface area contributed by atoms with E-state index in [4.69, 9.17) is 28.9 Å². The Kier molecular flexibility index (Phi) is 6.36. The monoisotopic (exact) mass is 461 g/mol. The van der Waals surface area contributed by atoms with Crippen LogP contribution < -0.4 is 0 Å². The average Bonchev–Trinajstić information content (AvgIpc) is 3.24. The van der Waals surface area contributed by atoms with Crippen LogP contribution in [0.4, 0.5) is 0 Å². The SMILES string of the molecule is CN(Cc1ccc(Cl)cc1)Cn1nc(CSc2nc3ccccc3s2)n(C)c1=S. The van der Waals surface area contributed by atoms with E-state index in [0.29, 0.717) is 11.4 Å². The van der Waals surface area contributed by atoms with Crippen LogP contribution in [0.15, 0.2) is 52.9 Å². The van der Waals surface area contributed by atoms with Crippen LogP contribution in [0.1, 0.15) is 11.4 Å². The second-order valence-electron chi connectivity index (χ2n) is 6.78. The summed E-state index contributed by atoms with van der Waals surface area (Å²) in [6.45, 7) is 1.42. The number of nitrogens with zero attached hydrogens (tertiary/aromatic N) is 5. The molecule has 4 aromatic rings. The molecule has 0 saturated heterocycles. The van der Waals surface area contributed by atoms with Gasteiger partial charge in [-0.3, -0.25) is 4.90 Å². The topological polar surface area (TPSA) is 38.9 Å². The van der Waals surface area contributed by atoms with Crippen molar-refractivity contribution in [1.29, 1.82) is 0 Å². The van der Waals surface area contributed by atoms with E-state index in [9.17, 15) is 0 Å². The zero-order valence-corrected chi connectivity index (χ0v) is 19.3. The van der Waals surface area contributed by atoms with Gasteiger partial charge in [0, 0.05) is 18.6 Å². The van der Waals surface area contributed by atoms with Crippen LogP contribution in [0.3, 0.4) is 0 Å². The largest absolute Gasteiger partial charge is 0.306 e. The molecule has 0 aliphatic rings. The molecule has 0 bridgehead atoms. The molecule has 2 heterocycles. The highest BCUT2D eigenvalue weighted by Gasteiger charge is 2.12. The molecule has 4 rings (SSSR count). The van der Waals surface area contributed by atoms with Gasteiger partial charge >= 0.3 is 0 Å². The van der Waals surface area contributed by atoms with E-state index < -0.39 is 0 Å². The molecule has 2 aromatic carbocycles. The number of thiazole rings is 1. The summed E-state index contributed by atoms with van der Waals surface area (Å²) in [5, 5.41) is 5.49. The molecule has 0 aliphatic heterocycles.